The van der Waals surface area contributed by atoms with Crippen molar-refractivity contribution in [2.75, 3.05) is 6.54 Å². The van der Waals surface area contributed by atoms with E-state index in [-0.39, 0.29) is 21.7 Å². The van der Waals surface area contributed by atoms with Crippen molar-refractivity contribution in [3.63, 3.8) is 0 Å². The van der Waals surface area contributed by atoms with Gasteiger partial charge in [0.25, 0.3) is 0 Å². The van der Waals surface area contributed by atoms with Gasteiger partial charge in [-0.25, -0.2) is 17.9 Å². The first kappa shape index (κ1) is 16.1. The summed E-state index contributed by atoms with van der Waals surface area (Å²) in [4.78, 5) is 10.6. The van der Waals surface area contributed by atoms with Crippen LogP contribution in [0.15, 0.2) is 16.3 Å². The molecule has 0 aliphatic rings. The van der Waals surface area contributed by atoms with Crippen molar-refractivity contribution in [3.8, 4) is 0 Å². The van der Waals surface area contributed by atoms with Gasteiger partial charge in [-0.1, -0.05) is 27.7 Å². The van der Waals surface area contributed by atoms with Crippen molar-refractivity contribution in [2.45, 2.75) is 32.6 Å². The standard InChI is InChI=1S/C12H19NO4S2/c1-8(2)12(3,4)7-13-19(16,17)9-5-6-18-10(9)11(14)15/h5-6,8,13H,7H2,1-4H3,(H,14,15). The monoisotopic (exact) mass is 305 g/mol. The minimum Gasteiger partial charge on any atom is -0.477 e. The van der Waals surface area contributed by atoms with Crippen LogP contribution in [0.3, 0.4) is 0 Å². The number of rotatable bonds is 6. The number of sulfonamides is 1. The Balaban J connectivity index is 2.94. The van der Waals surface area contributed by atoms with E-state index in [1.807, 2.05) is 27.7 Å². The van der Waals surface area contributed by atoms with E-state index < -0.39 is 16.0 Å². The number of aromatic carboxylic acids is 1. The van der Waals surface area contributed by atoms with Gasteiger partial charge in [0.15, 0.2) is 0 Å². The van der Waals surface area contributed by atoms with Gasteiger partial charge in [0.2, 0.25) is 10.0 Å². The molecule has 19 heavy (non-hydrogen) atoms. The first-order valence-corrected chi connectivity index (χ1v) is 8.24. The van der Waals surface area contributed by atoms with Gasteiger partial charge in [-0.05, 0) is 22.8 Å². The predicted octanol–water partition coefficient (Wildman–Crippen LogP) is 2.41. The Morgan fingerprint density at radius 1 is 1.47 bits per heavy atom. The van der Waals surface area contributed by atoms with Gasteiger partial charge in [0.1, 0.15) is 9.77 Å². The normalized spacial score (nSPS) is 12.9. The minimum atomic E-state index is -3.78. The van der Waals surface area contributed by atoms with Crippen molar-refractivity contribution in [1.82, 2.24) is 4.72 Å². The third-order valence-corrected chi connectivity index (χ3v) is 5.87. The molecule has 7 heteroatoms. The Morgan fingerprint density at radius 2 is 2.05 bits per heavy atom. The number of nitrogens with one attached hydrogen (secondary N) is 1. The van der Waals surface area contributed by atoms with Crippen LogP contribution < -0.4 is 4.72 Å². The molecule has 0 bridgehead atoms. The third-order valence-electron chi connectivity index (χ3n) is 3.39. The molecule has 0 saturated heterocycles. The van der Waals surface area contributed by atoms with Crippen LogP contribution in [0.25, 0.3) is 0 Å². The van der Waals surface area contributed by atoms with E-state index in [1.54, 1.807) is 0 Å². The fraction of sp³-hybridized carbons (Fsp3) is 0.583. The van der Waals surface area contributed by atoms with Crippen molar-refractivity contribution in [3.05, 3.63) is 16.3 Å². The number of hydrogen-bond acceptors (Lipinski definition) is 4. The summed E-state index contributed by atoms with van der Waals surface area (Å²) in [6, 6.07) is 1.32. The molecule has 5 nitrogen and oxygen atoms in total. The summed E-state index contributed by atoms with van der Waals surface area (Å²) in [7, 11) is -3.78. The first-order valence-electron chi connectivity index (χ1n) is 5.88. The number of carboxylic acid groups (broad SMARTS) is 1. The van der Waals surface area contributed by atoms with Crippen LogP contribution >= 0.6 is 11.3 Å². The third kappa shape index (κ3) is 3.77. The summed E-state index contributed by atoms with van der Waals surface area (Å²) < 4.78 is 26.7. The number of carboxylic acids is 1. The largest absolute Gasteiger partial charge is 0.477 e. The zero-order valence-electron chi connectivity index (χ0n) is 11.4. The molecule has 1 heterocycles. The molecule has 2 N–H and O–H groups in total. The molecule has 0 radical (unpaired) electrons. The molecule has 0 aliphatic heterocycles. The summed E-state index contributed by atoms with van der Waals surface area (Å²) in [5, 5.41) is 10.4. The quantitative estimate of drug-likeness (QED) is 0.845. The molecule has 1 aromatic rings. The van der Waals surface area contributed by atoms with Gasteiger partial charge < -0.3 is 5.11 Å². The SMILES string of the molecule is CC(C)C(C)(C)CNS(=O)(=O)c1ccsc1C(=O)O. The summed E-state index contributed by atoms with van der Waals surface area (Å²) in [5.41, 5.74) is -0.202. The van der Waals surface area contributed by atoms with Crippen LogP contribution in [-0.2, 0) is 10.0 Å². The summed E-state index contributed by atoms with van der Waals surface area (Å²) in [5.74, 6) is -0.921. The van der Waals surface area contributed by atoms with Gasteiger partial charge in [-0.2, -0.15) is 0 Å². The Hall–Kier alpha value is -0.920. The molecular weight excluding hydrogens is 286 g/mol. The van der Waals surface area contributed by atoms with Crippen LogP contribution in [0.5, 0.6) is 0 Å². The maximum Gasteiger partial charge on any atom is 0.347 e. The van der Waals surface area contributed by atoms with E-state index in [9.17, 15) is 13.2 Å². The van der Waals surface area contributed by atoms with E-state index in [2.05, 4.69) is 4.72 Å². The topological polar surface area (TPSA) is 83.5 Å². The lowest BCUT2D eigenvalue weighted by Gasteiger charge is -2.29. The number of carbonyl (C=O) groups is 1. The molecule has 0 unspecified atom stereocenters. The Morgan fingerprint density at radius 3 is 2.53 bits per heavy atom. The molecule has 0 aliphatic carbocycles. The molecule has 0 fully saturated rings. The Bertz CT molecular complexity index is 558. The molecule has 0 aromatic carbocycles. The molecule has 0 amide bonds. The maximum absolute atomic E-state index is 12.1. The van der Waals surface area contributed by atoms with Gasteiger partial charge in [-0.3, -0.25) is 0 Å². The molecule has 1 aromatic heterocycles. The predicted molar refractivity (Wildman–Crippen MR) is 75.1 cm³/mol. The van der Waals surface area contributed by atoms with Crippen LogP contribution in [0.1, 0.15) is 37.4 Å². The summed E-state index contributed by atoms with van der Waals surface area (Å²) in [6.07, 6.45) is 0. The van der Waals surface area contributed by atoms with Crippen molar-refractivity contribution < 1.29 is 18.3 Å². The van der Waals surface area contributed by atoms with E-state index in [4.69, 9.17) is 5.11 Å². The van der Waals surface area contributed by atoms with E-state index in [0.717, 1.165) is 11.3 Å². The lowest BCUT2D eigenvalue weighted by atomic mass is 9.81. The molecule has 0 spiro atoms. The van der Waals surface area contributed by atoms with E-state index in [1.165, 1.54) is 11.4 Å². The second kappa shape index (κ2) is 5.60. The second-order valence-corrected chi connectivity index (χ2v) is 8.04. The number of hydrogen-bond donors (Lipinski definition) is 2. The highest BCUT2D eigenvalue weighted by Gasteiger charge is 2.28. The van der Waals surface area contributed by atoms with Gasteiger partial charge in [0.05, 0.1) is 0 Å². The Kier molecular flexibility index (Phi) is 4.76. The van der Waals surface area contributed by atoms with Crippen molar-refractivity contribution in [1.29, 1.82) is 0 Å². The Labute approximate surface area is 117 Å². The molecular formula is C12H19NO4S2. The number of thiophene rings is 1. The molecule has 0 atom stereocenters. The zero-order valence-corrected chi connectivity index (χ0v) is 13.1. The fourth-order valence-electron chi connectivity index (χ4n) is 1.23. The van der Waals surface area contributed by atoms with Gasteiger partial charge >= 0.3 is 5.97 Å². The minimum absolute atomic E-state index is 0.158. The fourth-order valence-corrected chi connectivity index (χ4v) is 3.71. The van der Waals surface area contributed by atoms with Crippen LogP contribution in [0.2, 0.25) is 0 Å². The smallest absolute Gasteiger partial charge is 0.347 e. The highest BCUT2D eigenvalue weighted by molar-refractivity contribution is 7.89. The van der Waals surface area contributed by atoms with Crippen molar-refractivity contribution in [2.24, 2.45) is 11.3 Å². The first-order chi connectivity index (χ1) is 8.58. The van der Waals surface area contributed by atoms with Crippen molar-refractivity contribution >= 4 is 27.3 Å². The molecule has 108 valence electrons. The lowest BCUT2D eigenvalue weighted by Crippen LogP contribution is -2.37. The van der Waals surface area contributed by atoms with Crippen LogP contribution in [0, 0.1) is 11.3 Å². The van der Waals surface area contributed by atoms with Crippen LogP contribution in [-0.4, -0.2) is 26.0 Å². The summed E-state index contributed by atoms with van der Waals surface area (Å²) in [6.45, 7) is 8.23. The van der Waals surface area contributed by atoms with Gasteiger partial charge in [-0.15, -0.1) is 11.3 Å². The average Bonchev–Trinajstić information content (AvgIpc) is 2.76. The van der Waals surface area contributed by atoms with Crippen LogP contribution in [0.4, 0.5) is 0 Å². The van der Waals surface area contributed by atoms with E-state index in [0.29, 0.717) is 5.92 Å². The second-order valence-electron chi connectivity index (χ2n) is 5.39. The zero-order chi connectivity index (χ0) is 14.8. The highest BCUT2D eigenvalue weighted by Crippen LogP contribution is 2.27. The maximum atomic E-state index is 12.1. The lowest BCUT2D eigenvalue weighted by molar-refractivity contribution is 0.0698. The summed E-state index contributed by atoms with van der Waals surface area (Å²) >= 11 is 0.905. The molecule has 0 saturated carbocycles. The average molecular weight is 305 g/mol. The highest BCUT2D eigenvalue weighted by atomic mass is 32.2. The van der Waals surface area contributed by atoms with E-state index >= 15 is 0 Å². The molecule has 1 rings (SSSR count). The van der Waals surface area contributed by atoms with Gasteiger partial charge in [0, 0.05) is 6.54 Å².